The van der Waals surface area contributed by atoms with Crippen LogP contribution < -0.4 is 10.0 Å². The predicted molar refractivity (Wildman–Crippen MR) is 107 cm³/mol. The van der Waals surface area contributed by atoms with Crippen LogP contribution in [0.1, 0.15) is 0 Å². The first-order valence-corrected chi connectivity index (χ1v) is 10.7. The second-order valence-electron chi connectivity index (χ2n) is 5.76. The Morgan fingerprint density at radius 1 is 0.704 bits per heavy atom. The Morgan fingerprint density at radius 2 is 1.19 bits per heavy atom. The summed E-state index contributed by atoms with van der Waals surface area (Å²) in [5.41, 5.74) is 2.95. The fraction of sp³-hybridized carbons (Fsp3) is 0.0526. The summed E-state index contributed by atoms with van der Waals surface area (Å²) in [5.74, 6) is 0. The standard InChI is InChI=1S/C19H18N2O4S2/c1-20-16-6-8-17(9-7-16)21-27(24,25)19-12-4-15(5-13-19)14-2-10-18(11-3-14)26(22)23/h2-13,20-21,26H,1H3. The van der Waals surface area contributed by atoms with Crippen molar-refractivity contribution in [3.8, 4) is 11.1 Å². The van der Waals surface area contributed by atoms with Gasteiger partial charge in [0.2, 0.25) is 0 Å². The summed E-state index contributed by atoms with van der Waals surface area (Å²) in [6.45, 7) is 0. The van der Waals surface area contributed by atoms with E-state index in [1.807, 2.05) is 0 Å². The van der Waals surface area contributed by atoms with E-state index in [-0.39, 0.29) is 9.79 Å². The molecule has 27 heavy (non-hydrogen) atoms. The van der Waals surface area contributed by atoms with Crippen LogP contribution in [0.5, 0.6) is 0 Å². The zero-order valence-electron chi connectivity index (χ0n) is 14.4. The third-order valence-electron chi connectivity index (χ3n) is 4.00. The van der Waals surface area contributed by atoms with Crippen LogP contribution in [0, 0.1) is 0 Å². The molecule has 0 saturated heterocycles. The van der Waals surface area contributed by atoms with Crippen LogP contribution in [0.15, 0.2) is 82.6 Å². The van der Waals surface area contributed by atoms with Crippen molar-refractivity contribution < 1.29 is 16.8 Å². The molecule has 0 atom stereocenters. The summed E-state index contributed by atoms with van der Waals surface area (Å²) < 4.78 is 49.5. The number of benzene rings is 3. The lowest BCUT2D eigenvalue weighted by molar-refractivity contribution is 0.601. The molecule has 2 N–H and O–H groups in total. The predicted octanol–water partition coefficient (Wildman–Crippen LogP) is 3.17. The monoisotopic (exact) mass is 402 g/mol. The largest absolute Gasteiger partial charge is 0.388 e. The molecule has 0 bridgehead atoms. The first-order valence-electron chi connectivity index (χ1n) is 8.04. The van der Waals surface area contributed by atoms with E-state index in [1.165, 1.54) is 24.3 Å². The third-order valence-corrected chi connectivity index (χ3v) is 6.12. The van der Waals surface area contributed by atoms with Gasteiger partial charge in [-0.2, -0.15) is 0 Å². The van der Waals surface area contributed by atoms with Gasteiger partial charge in [-0.1, -0.05) is 24.3 Å². The molecule has 0 aliphatic carbocycles. The molecule has 0 spiro atoms. The molecule has 8 heteroatoms. The molecule has 3 aromatic rings. The van der Waals surface area contributed by atoms with E-state index in [0.717, 1.165) is 16.8 Å². The summed E-state index contributed by atoms with van der Waals surface area (Å²) in [6, 6.07) is 19.7. The van der Waals surface area contributed by atoms with Crippen molar-refractivity contribution in [3.63, 3.8) is 0 Å². The Bertz CT molecular complexity index is 1100. The molecule has 0 aromatic heterocycles. The topological polar surface area (TPSA) is 92.3 Å². The van der Waals surface area contributed by atoms with Gasteiger partial charge >= 0.3 is 0 Å². The lowest BCUT2D eigenvalue weighted by Gasteiger charge is -2.10. The molecule has 0 heterocycles. The minimum Gasteiger partial charge on any atom is -0.388 e. The fourth-order valence-electron chi connectivity index (χ4n) is 2.52. The normalized spacial score (nSPS) is 11.3. The van der Waals surface area contributed by atoms with Crippen LogP contribution in [-0.4, -0.2) is 23.9 Å². The van der Waals surface area contributed by atoms with Crippen LogP contribution in [-0.2, 0) is 20.7 Å². The van der Waals surface area contributed by atoms with Crippen molar-refractivity contribution in [2.75, 3.05) is 17.1 Å². The van der Waals surface area contributed by atoms with E-state index in [1.54, 1.807) is 55.6 Å². The van der Waals surface area contributed by atoms with Gasteiger partial charge in [0, 0.05) is 18.4 Å². The summed E-state index contributed by atoms with van der Waals surface area (Å²) in [7, 11) is -4.53. The van der Waals surface area contributed by atoms with Crippen molar-refractivity contribution in [2.45, 2.75) is 9.79 Å². The Balaban J connectivity index is 1.80. The number of sulfonamides is 1. The van der Waals surface area contributed by atoms with Gasteiger partial charge in [0.25, 0.3) is 10.0 Å². The number of nitrogens with one attached hydrogen (secondary N) is 2. The first-order chi connectivity index (χ1) is 12.9. The SMILES string of the molecule is CNc1ccc(NS(=O)(=O)c2ccc(-c3ccc([SH](=O)=O)cc3)cc2)cc1. The second-order valence-corrected chi connectivity index (χ2v) is 8.47. The lowest BCUT2D eigenvalue weighted by atomic mass is 10.1. The van der Waals surface area contributed by atoms with Gasteiger partial charge in [-0.25, -0.2) is 16.8 Å². The van der Waals surface area contributed by atoms with Crippen molar-refractivity contribution in [3.05, 3.63) is 72.8 Å². The molecule has 0 amide bonds. The number of hydrogen-bond donors (Lipinski definition) is 3. The van der Waals surface area contributed by atoms with Crippen LogP contribution in [0.3, 0.4) is 0 Å². The van der Waals surface area contributed by atoms with Gasteiger partial charge < -0.3 is 5.32 Å². The van der Waals surface area contributed by atoms with E-state index < -0.39 is 20.7 Å². The highest BCUT2D eigenvalue weighted by Gasteiger charge is 2.14. The van der Waals surface area contributed by atoms with Gasteiger partial charge in [0.1, 0.15) is 0 Å². The number of rotatable bonds is 6. The molecule has 0 aliphatic heterocycles. The van der Waals surface area contributed by atoms with Gasteiger partial charge in [-0.05, 0) is 59.7 Å². The van der Waals surface area contributed by atoms with Crippen LogP contribution in [0.4, 0.5) is 11.4 Å². The smallest absolute Gasteiger partial charge is 0.261 e. The van der Waals surface area contributed by atoms with Gasteiger partial charge in [0.05, 0.1) is 9.79 Å². The molecule has 3 aromatic carbocycles. The van der Waals surface area contributed by atoms with Gasteiger partial charge in [-0.3, -0.25) is 4.72 Å². The molecule has 140 valence electrons. The summed E-state index contributed by atoms with van der Waals surface area (Å²) in [4.78, 5) is 0.379. The maximum absolute atomic E-state index is 12.5. The van der Waals surface area contributed by atoms with Crippen molar-refractivity contribution in [2.24, 2.45) is 0 Å². The molecule has 6 nitrogen and oxygen atoms in total. The van der Waals surface area contributed by atoms with Crippen LogP contribution >= 0.6 is 0 Å². The first kappa shape index (κ1) is 18.9. The van der Waals surface area contributed by atoms with Gasteiger partial charge in [-0.15, -0.1) is 0 Å². The van der Waals surface area contributed by atoms with E-state index in [0.29, 0.717) is 5.69 Å². The minimum atomic E-state index is -3.70. The van der Waals surface area contributed by atoms with Crippen molar-refractivity contribution >= 4 is 32.1 Å². The Morgan fingerprint density at radius 3 is 1.67 bits per heavy atom. The molecule has 0 aliphatic rings. The highest BCUT2D eigenvalue weighted by Crippen LogP contribution is 2.24. The Kier molecular flexibility index (Phi) is 5.48. The maximum atomic E-state index is 12.5. The number of anilines is 2. The maximum Gasteiger partial charge on any atom is 0.261 e. The zero-order chi connectivity index (χ0) is 19.4. The highest BCUT2D eigenvalue weighted by atomic mass is 32.2. The quantitative estimate of drug-likeness (QED) is 0.551. The summed E-state index contributed by atoms with van der Waals surface area (Å²) in [5, 5.41) is 2.97. The van der Waals surface area contributed by atoms with Gasteiger partial charge in [0.15, 0.2) is 10.7 Å². The molecular formula is C19H18N2O4S2. The molecule has 0 fully saturated rings. The molecule has 0 saturated carbocycles. The van der Waals surface area contributed by atoms with E-state index in [9.17, 15) is 16.8 Å². The van der Waals surface area contributed by atoms with E-state index >= 15 is 0 Å². The van der Waals surface area contributed by atoms with Crippen LogP contribution in [0.2, 0.25) is 0 Å². The van der Waals surface area contributed by atoms with Crippen molar-refractivity contribution in [1.82, 2.24) is 0 Å². The average Bonchev–Trinajstić information content (AvgIpc) is 2.68. The van der Waals surface area contributed by atoms with Crippen LogP contribution in [0.25, 0.3) is 11.1 Å². The number of thiol groups is 1. The molecule has 3 rings (SSSR count). The fourth-order valence-corrected chi connectivity index (χ4v) is 3.97. The molecular weight excluding hydrogens is 384 g/mol. The summed E-state index contributed by atoms with van der Waals surface area (Å²) >= 11 is 0. The molecule has 0 radical (unpaired) electrons. The highest BCUT2D eigenvalue weighted by molar-refractivity contribution is 7.92. The second kappa shape index (κ2) is 7.81. The van der Waals surface area contributed by atoms with Crippen molar-refractivity contribution in [1.29, 1.82) is 0 Å². The zero-order valence-corrected chi connectivity index (χ0v) is 16.1. The Labute approximate surface area is 159 Å². The Hall–Kier alpha value is -2.84. The van der Waals surface area contributed by atoms with E-state index in [4.69, 9.17) is 0 Å². The minimum absolute atomic E-state index is 0.142. The van der Waals surface area contributed by atoms with E-state index in [2.05, 4.69) is 10.0 Å². The molecule has 0 unspecified atom stereocenters. The lowest BCUT2D eigenvalue weighted by Crippen LogP contribution is -2.12. The third kappa shape index (κ3) is 4.47. The average molecular weight is 402 g/mol. The summed E-state index contributed by atoms with van der Waals surface area (Å²) in [6.07, 6.45) is 0. The number of hydrogen-bond acceptors (Lipinski definition) is 5.